The summed E-state index contributed by atoms with van der Waals surface area (Å²) in [5, 5.41) is 7.32. The lowest BCUT2D eigenvalue weighted by Crippen LogP contribution is -2.17. The van der Waals surface area contributed by atoms with Crippen molar-refractivity contribution in [3.63, 3.8) is 0 Å². The van der Waals surface area contributed by atoms with Crippen LogP contribution in [0.5, 0.6) is 0 Å². The molecule has 6 aromatic rings. The van der Waals surface area contributed by atoms with Crippen molar-refractivity contribution in [2.75, 3.05) is 10.6 Å². The Hall–Kier alpha value is -4.56. The van der Waals surface area contributed by atoms with E-state index in [0.29, 0.717) is 0 Å². The van der Waals surface area contributed by atoms with Gasteiger partial charge in [0.2, 0.25) is 0 Å². The molecule has 1 aliphatic rings. The molecule has 0 aliphatic heterocycles. The first kappa shape index (κ1) is 21.7. The van der Waals surface area contributed by atoms with Crippen LogP contribution in [-0.2, 0) is 0 Å². The molecule has 6 aromatic carbocycles. The van der Waals surface area contributed by atoms with E-state index >= 15 is 0 Å². The Bertz CT molecular complexity index is 1880. The van der Waals surface area contributed by atoms with Gasteiger partial charge in [0.05, 0.1) is 17.1 Å². The van der Waals surface area contributed by atoms with E-state index < -0.39 is 0 Å². The van der Waals surface area contributed by atoms with Gasteiger partial charge in [-0.3, -0.25) is 0 Å². The molecule has 2 heteroatoms. The monoisotopic (exact) mass is 476 g/mol. The van der Waals surface area contributed by atoms with Crippen molar-refractivity contribution in [3.8, 4) is 22.3 Å². The summed E-state index contributed by atoms with van der Waals surface area (Å²) in [6.45, 7) is 6.73. The fourth-order valence-electron chi connectivity index (χ4n) is 6.16. The maximum absolute atomic E-state index is 6.86. The Kier molecular flexibility index (Phi) is 4.84. The van der Waals surface area contributed by atoms with E-state index in [4.69, 9.17) is 5.73 Å². The SMILES string of the molecule is C=C(CCC)N(c1ccc2ccccc2c1N)c1ccc2c3c(cccc13)-c1ccc3ccccc3c1-2. The van der Waals surface area contributed by atoms with Gasteiger partial charge in [-0.15, -0.1) is 0 Å². The molecule has 2 nitrogen and oxygen atoms in total. The number of allylic oxidation sites excluding steroid dienone is 1. The zero-order valence-corrected chi connectivity index (χ0v) is 21.0. The maximum Gasteiger partial charge on any atom is 0.0694 e. The van der Waals surface area contributed by atoms with Crippen molar-refractivity contribution in [1.29, 1.82) is 0 Å². The van der Waals surface area contributed by atoms with Crippen molar-refractivity contribution in [3.05, 3.63) is 115 Å². The average molecular weight is 477 g/mol. The van der Waals surface area contributed by atoms with Crippen LogP contribution in [0.4, 0.5) is 17.1 Å². The molecule has 0 aromatic heterocycles. The molecule has 0 atom stereocenters. The third kappa shape index (κ3) is 3.12. The third-order valence-electron chi connectivity index (χ3n) is 7.79. The lowest BCUT2D eigenvalue weighted by molar-refractivity contribution is 0.882. The van der Waals surface area contributed by atoms with E-state index in [-0.39, 0.29) is 0 Å². The Balaban J connectivity index is 1.51. The lowest BCUT2D eigenvalue weighted by Gasteiger charge is -2.30. The first-order chi connectivity index (χ1) is 18.2. The molecule has 7 rings (SSSR count). The van der Waals surface area contributed by atoms with Gasteiger partial charge in [-0.05, 0) is 62.4 Å². The average Bonchev–Trinajstić information content (AvgIpc) is 3.27. The number of rotatable bonds is 5. The summed E-state index contributed by atoms with van der Waals surface area (Å²) in [6.07, 6.45) is 1.90. The zero-order valence-electron chi connectivity index (χ0n) is 21.0. The number of nitrogens with two attached hydrogens (primary N) is 1. The van der Waals surface area contributed by atoms with Gasteiger partial charge in [-0.25, -0.2) is 0 Å². The van der Waals surface area contributed by atoms with E-state index in [1.165, 1.54) is 43.8 Å². The predicted octanol–water partition coefficient (Wildman–Crippen LogP) is 9.83. The first-order valence-electron chi connectivity index (χ1n) is 13.0. The van der Waals surface area contributed by atoms with Gasteiger partial charge in [0.25, 0.3) is 0 Å². The van der Waals surface area contributed by atoms with E-state index in [0.717, 1.165) is 46.4 Å². The van der Waals surface area contributed by atoms with Gasteiger partial charge in [-0.2, -0.15) is 0 Å². The molecular formula is C35H28N2. The number of nitrogen functional groups attached to an aromatic ring is 1. The van der Waals surface area contributed by atoms with Crippen LogP contribution in [0.15, 0.2) is 115 Å². The zero-order chi connectivity index (χ0) is 25.1. The van der Waals surface area contributed by atoms with Crippen LogP contribution in [-0.4, -0.2) is 0 Å². The van der Waals surface area contributed by atoms with Crippen LogP contribution in [0.25, 0.3) is 54.6 Å². The molecule has 0 saturated carbocycles. The number of hydrogen-bond donors (Lipinski definition) is 1. The standard InChI is InChI=1S/C35H28N2/c1-3-9-22(2)37(32-20-17-24-11-5-7-13-26(24)35(32)36)31-21-19-30-33-25-12-6-4-10-23(25)16-18-28(33)27-14-8-15-29(31)34(27)30/h4-8,10-21H,2-3,9,36H2,1H3. The summed E-state index contributed by atoms with van der Waals surface area (Å²) in [5.41, 5.74) is 16.0. The van der Waals surface area contributed by atoms with Crippen LogP contribution in [0.2, 0.25) is 0 Å². The molecule has 0 heterocycles. The second-order valence-electron chi connectivity index (χ2n) is 9.94. The van der Waals surface area contributed by atoms with Gasteiger partial charge in [-0.1, -0.05) is 111 Å². The van der Waals surface area contributed by atoms with Gasteiger partial charge in [0.1, 0.15) is 0 Å². The summed E-state index contributed by atoms with van der Waals surface area (Å²) >= 11 is 0. The van der Waals surface area contributed by atoms with Crippen molar-refractivity contribution in [2.24, 2.45) is 0 Å². The maximum atomic E-state index is 6.86. The molecule has 37 heavy (non-hydrogen) atoms. The highest BCUT2D eigenvalue weighted by Crippen LogP contribution is 2.53. The number of anilines is 3. The highest BCUT2D eigenvalue weighted by molar-refractivity contribution is 6.23. The molecule has 0 radical (unpaired) electrons. The van der Waals surface area contributed by atoms with Gasteiger partial charge in [0.15, 0.2) is 0 Å². The van der Waals surface area contributed by atoms with Crippen LogP contribution in [0.3, 0.4) is 0 Å². The largest absolute Gasteiger partial charge is 0.397 e. The van der Waals surface area contributed by atoms with Crippen LogP contribution >= 0.6 is 0 Å². The topological polar surface area (TPSA) is 29.3 Å². The number of hydrogen-bond acceptors (Lipinski definition) is 2. The summed E-state index contributed by atoms with van der Waals surface area (Å²) in [7, 11) is 0. The van der Waals surface area contributed by atoms with Crippen LogP contribution < -0.4 is 10.6 Å². The molecule has 1 aliphatic carbocycles. The number of benzene rings is 6. The van der Waals surface area contributed by atoms with Gasteiger partial charge < -0.3 is 10.6 Å². The minimum absolute atomic E-state index is 0.785. The Morgan fingerprint density at radius 1 is 0.649 bits per heavy atom. The van der Waals surface area contributed by atoms with Gasteiger partial charge >= 0.3 is 0 Å². The highest BCUT2D eigenvalue weighted by Gasteiger charge is 2.27. The third-order valence-corrected chi connectivity index (χ3v) is 7.79. The van der Waals surface area contributed by atoms with E-state index in [1.807, 2.05) is 6.07 Å². The summed E-state index contributed by atoms with van der Waals surface area (Å²) in [4.78, 5) is 2.29. The van der Waals surface area contributed by atoms with Gasteiger partial charge in [0, 0.05) is 16.5 Å². The second-order valence-corrected chi connectivity index (χ2v) is 9.94. The first-order valence-corrected chi connectivity index (χ1v) is 13.0. The highest BCUT2D eigenvalue weighted by atomic mass is 15.2. The number of fused-ring (bicyclic) bond motifs is 6. The fourth-order valence-corrected chi connectivity index (χ4v) is 6.16. The molecule has 2 N–H and O–H groups in total. The second kappa shape index (κ2) is 8.25. The van der Waals surface area contributed by atoms with Crippen molar-refractivity contribution in [1.82, 2.24) is 0 Å². The molecule has 0 amide bonds. The number of nitrogens with zero attached hydrogens (tertiary/aromatic N) is 1. The smallest absolute Gasteiger partial charge is 0.0694 e. The normalized spacial score (nSPS) is 11.8. The molecule has 0 bridgehead atoms. The van der Waals surface area contributed by atoms with Crippen LogP contribution in [0, 0.1) is 0 Å². The minimum Gasteiger partial charge on any atom is -0.397 e. The summed E-state index contributed by atoms with van der Waals surface area (Å²) in [5.74, 6) is 0. The Labute approximate surface area is 217 Å². The quantitative estimate of drug-likeness (QED) is 0.250. The summed E-state index contributed by atoms with van der Waals surface area (Å²) in [6, 6.07) is 37.1. The Morgan fingerprint density at radius 2 is 1.30 bits per heavy atom. The van der Waals surface area contributed by atoms with E-state index in [1.54, 1.807) is 0 Å². The molecule has 178 valence electrons. The fraction of sp³-hybridized carbons (Fsp3) is 0.0857. The minimum atomic E-state index is 0.785. The summed E-state index contributed by atoms with van der Waals surface area (Å²) < 4.78 is 0. The van der Waals surface area contributed by atoms with Crippen molar-refractivity contribution in [2.45, 2.75) is 19.8 Å². The lowest BCUT2D eigenvalue weighted by atomic mass is 9.96. The molecule has 0 spiro atoms. The van der Waals surface area contributed by atoms with E-state index in [2.05, 4.69) is 115 Å². The molecule has 0 saturated heterocycles. The van der Waals surface area contributed by atoms with Crippen molar-refractivity contribution >= 4 is 49.4 Å². The molecular weight excluding hydrogens is 448 g/mol. The van der Waals surface area contributed by atoms with E-state index in [9.17, 15) is 0 Å². The van der Waals surface area contributed by atoms with Crippen molar-refractivity contribution < 1.29 is 0 Å². The molecule has 0 fully saturated rings. The Morgan fingerprint density at radius 3 is 2.11 bits per heavy atom. The van der Waals surface area contributed by atoms with Crippen LogP contribution in [0.1, 0.15) is 19.8 Å². The molecule has 0 unspecified atom stereocenters. The predicted molar refractivity (Wildman–Crippen MR) is 160 cm³/mol.